The lowest BCUT2D eigenvalue weighted by atomic mass is 9.89. The van der Waals surface area contributed by atoms with Gasteiger partial charge in [-0.1, -0.05) is 43.9 Å². The van der Waals surface area contributed by atoms with Gasteiger partial charge in [0.15, 0.2) is 0 Å². The quantitative estimate of drug-likeness (QED) is 0.360. The van der Waals surface area contributed by atoms with E-state index in [1.807, 2.05) is 30.3 Å². The summed E-state index contributed by atoms with van der Waals surface area (Å²) in [5, 5.41) is 7.71. The van der Waals surface area contributed by atoms with Gasteiger partial charge < -0.3 is 15.2 Å². The summed E-state index contributed by atoms with van der Waals surface area (Å²) in [6.07, 6.45) is 10.1. The van der Waals surface area contributed by atoms with Gasteiger partial charge in [0.05, 0.1) is 0 Å². The number of allylic oxidation sites excluding steroid dienone is 1. The van der Waals surface area contributed by atoms with E-state index in [9.17, 15) is 9.59 Å². The van der Waals surface area contributed by atoms with Gasteiger partial charge in [0, 0.05) is 52.0 Å². The number of carbonyl (C=O) groups excluding carboxylic acids is 2. The van der Waals surface area contributed by atoms with E-state index >= 15 is 0 Å². The minimum absolute atomic E-state index is 0.0139. The van der Waals surface area contributed by atoms with Crippen LogP contribution in [-0.4, -0.2) is 16.4 Å². The molecule has 0 radical (unpaired) electrons. The third-order valence-corrected chi connectivity index (χ3v) is 7.55. The van der Waals surface area contributed by atoms with Crippen LogP contribution in [0.15, 0.2) is 48.5 Å². The predicted octanol–water partition coefficient (Wildman–Crippen LogP) is 7.19. The largest absolute Gasteiger partial charge is 0.340 e. The summed E-state index contributed by atoms with van der Waals surface area (Å²) in [6.45, 7) is 3.05. The number of benzene rings is 2. The average Bonchev–Trinajstić information content (AvgIpc) is 3.19. The molecule has 2 aromatic carbocycles. The second-order valence-electron chi connectivity index (χ2n) is 9.78. The third kappa shape index (κ3) is 5.30. The highest BCUT2D eigenvalue weighted by molar-refractivity contribution is 6.31. The van der Waals surface area contributed by atoms with Crippen LogP contribution >= 0.6 is 11.6 Å². The van der Waals surface area contributed by atoms with E-state index in [1.165, 1.54) is 37.6 Å². The molecule has 2 heterocycles. The molecule has 1 aliphatic carbocycles. The first kappa shape index (κ1) is 23.7. The first-order chi connectivity index (χ1) is 17.0. The number of nitrogens with zero attached hydrogens (tertiary/aromatic N) is 1. The average molecular weight is 490 g/mol. The lowest BCUT2D eigenvalue weighted by Gasteiger charge is -2.24. The highest BCUT2D eigenvalue weighted by Gasteiger charge is 2.20. The molecule has 0 spiro atoms. The molecule has 1 aromatic heterocycles. The molecule has 0 atom stereocenters. The molecule has 5 nitrogen and oxygen atoms in total. The van der Waals surface area contributed by atoms with Gasteiger partial charge in [0.1, 0.15) is 0 Å². The maximum absolute atomic E-state index is 13.1. The number of hydrogen-bond donors (Lipinski definition) is 2. The van der Waals surface area contributed by atoms with Crippen molar-refractivity contribution in [1.82, 2.24) is 4.57 Å². The molecule has 182 valence electrons. The van der Waals surface area contributed by atoms with Crippen LogP contribution < -0.4 is 10.6 Å². The van der Waals surface area contributed by atoms with E-state index < -0.39 is 0 Å². The Hall–Kier alpha value is -3.05. The van der Waals surface area contributed by atoms with Crippen LogP contribution in [-0.2, 0) is 22.6 Å². The molecule has 0 bridgehead atoms. The third-order valence-electron chi connectivity index (χ3n) is 7.32. The van der Waals surface area contributed by atoms with Gasteiger partial charge in [0.2, 0.25) is 11.8 Å². The number of fused-ring (bicyclic) bond motifs is 2. The lowest BCUT2D eigenvalue weighted by molar-refractivity contribution is -0.116. The van der Waals surface area contributed by atoms with Crippen LogP contribution in [0.25, 0.3) is 16.5 Å². The Labute approximate surface area is 211 Å². The number of aryl methyl sites for hydroxylation is 1. The molecule has 3 aromatic rings. The van der Waals surface area contributed by atoms with Crippen molar-refractivity contribution in [3.05, 3.63) is 64.8 Å². The maximum atomic E-state index is 13.1. The summed E-state index contributed by atoms with van der Waals surface area (Å²) in [5.41, 5.74) is 5.80. The smallest absolute Gasteiger partial charge is 0.248 e. The van der Waals surface area contributed by atoms with Gasteiger partial charge in [-0.25, -0.2) is 0 Å². The van der Waals surface area contributed by atoms with Crippen molar-refractivity contribution in [3.8, 4) is 0 Å². The Bertz CT molecular complexity index is 1300. The van der Waals surface area contributed by atoms with Gasteiger partial charge in [-0.15, -0.1) is 0 Å². The first-order valence-corrected chi connectivity index (χ1v) is 13.1. The van der Waals surface area contributed by atoms with Crippen molar-refractivity contribution in [1.29, 1.82) is 0 Å². The number of hydrogen-bond acceptors (Lipinski definition) is 2. The van der Waals surface area contributed by atoms with Crippen molar-refractivity contribution in [2.75, 3.05) is 10.6 Å². The number of halogens is 1. The topological polar surface area (TPSA) is 63.1 Å². The minimum Gasteiger partial charge on any atom is -0.340 e. The molecule has 35 heavy (non-hydrogen) atoms. The fraction of sp³-hybridized carbons (Fsp3) is 0.379. The molecule has 6 heteroatoms. The van der Waals surface area contributed by atoms with Gasteiger partial charge in [-0.2, -0.15) is 0 Å². The molecule has 2 amide bonds. The fourth-order valence-electron chi connectivity index (χ4n) is 5.48. The zero-order valence-corrected chi connectivity index (χ0v) is 21.0. The Morgan fingerprint density at radius 3 is 2.74 bits per heavy atom. The number of nitrogens with one attached hydrogen (secondary N) is 2. The summed E-state index contributed by atoms with van der Waals surface area (Å²) in [4.78, 5) is 24.8. The number of anilines is 2. The Kier molecular flexibility index (Phi) is 6.96. The molecule has 2 aliphatic rings. The van der Waals surface area contributed by atoms with E-state index in [1.54, 1.807) is 6.08 Å². The molecule has 2 N–H and O–H groups in total. The highest BCUT2D eigenvalue weighted by atomic mass is 35.5. The number of amides is 2. The van der Waals surface area contributed by atoms with E-state index in [0.29, 0.717) is 18.0 Å². The highest BCUT2D eigenvalue weighted by Crippen LogP contribution is 2.33. The predicted molar refractivity (Wildman–Crippen MR) is 144 cm³/mol. The van der Waals surface area contributed by atoms with Crippen molar-refractivity contribution in [2.24, 2.45) is 5.92 Å². The zero-order valence-electron chi connectivity index (χ0n) is 20.2. The minimum atomic E-state index is -0.170. The first-order valence-electron chi connectivity index (χ1n) is 12.7. The fourth-order valence-corrected chi connectivity index (χ4v) is 5.66. The second kappa shape index (κ2) is 10.3. The van der Waals surface area contributed by atoms with Gasteiger partial charge in [-0.05, 0) is 79.1 Å². The monoisotopic (exact) mass is 489 g/mol. The van der Waals surface area contributed by atoms with Gasteiger partial charge in [0.25, 0.3) is 0 Å². The summed E-state index contributed by atoms with van der Waals surface area (Å²) in [7, 11) is 0. The van der Waals surface area contributed by atoms with Crippen molar-refractivity contribution in [2.45, 2.75) is 64.8 Å². The van der Waals surface area contributed by atoms with Crippen LogP contribution in [0.3, 0.4) is 0 Å². The summed E-state index contributed by atoms with van der Waals surface area (Å²) >= 11 is 6.31. The summed E-state index contributed by atoms with van der Waals surface area (Å²) < 4.78 is 2.39. The molecule has 0 saturated heterocycles. The van der Waals surface area contributed by atoms with Crippen molar-refractivity contribution >= 4 is 51.3 Å². The van der Waals surface area contributed by atoms with Crippen LogP contribution in [0.4, 0.5) is 11.4 Å². The lowest BCUT2D eigenvalue weighted by Crippen LogP contribution is -2.19. The summed E-state index contributed by atoms with van der Waals surface area (Å²) in [6, 6.07) is 13.9. The molecule has 1 fully saturated rings. The molecule has 5 rings (SSSR count). The standard InChI is InChI=1S/C29H32ClN3O2/c1-2-20(16-29(35)31-24-11-8-21-9-13-28(34)32-25(21)17-24)27-15-22-14-23(30)10-12-26(22)33(27)18-19-6-4-3-5-7-19/h8,10-12,14-17,19H,2-7,9,13,18H2,1H3,(H,31,35)(H,32,34)/b20-16+. The van der Waals surface area contributed by atoms with E-state index in [0.717, 1.165) is 52.3 Å². The van der Waals surface area contributed by atoms with E-state index in [-0.39, 0.29) is 11.8 Å². The van der Waals surface area contributed by atoms with Crippen LogP contribution in [0, 0.1) is 5.92 Å². The Morgan fingerprint density at radius 2 is 1.94 bits per heavy atom. The van der Waals surface area contributed by atoms with Gasteiger partial charge in [-0.3, -0.25) is 9.59 Å². The van der Waals surface area contributed by atoms with E-state index in [4.69, 9.17) is 11.6 Å². The number of carbonyl (C=O) groups is 2. The van der Waals surface area contributed by atoms with Crippen molar-refractivity contribution in [3.63, 3.8) is 0 Å². The normalized spacial score (nSPS) is 16.7. The Balaban J connectivity index is 1.43. The molecule has 1 saturated carbocycles. The SMILES string of the molecule is CC/C(=C\C(=O)Nc1ccc2c(c1)NC(=O)CC2)c1cc2cc(Cl)ccc2n1CC1CCCCC1. The summed E-state index contributed by atoms with van der Waals surface area (Å²) in [5.74, 6) is 0.503. The molecule has 0 unspecified atom stereocenters. The second-order valence-corrected chi connectivity index (χ2v) is 10.2. The van der Waals surface area contributed by atoms with E-state index in [2.05, 4.69) is 34.3 Å². The molecular formula is C29H32ClN3O2. The molecular weight excluding hydrogens is 458 g/mol. The maximum Gasteiger partial charge on any atom is 0.248 e. The van der Waals surface area contributed by atoms with Gasteiger partial charge >= 0.3 is 0 Å². The van der Waals surface area contributed by atoms with Crippen LogP contribution in [0.1, 0.15) is 63.1 Å². The number of rotatable bonds is 6. The Morgan fingerprint density at radius 1 is 1.11 bits per heavy atom. The van der Waals surface area contributed by atoms with Crippen molar-refractivity contribution < 1.29 is 9.59 Å². The number of aromatic nitrogens is 1. The molecule has 1 aliphatic heterocycles. The zero-order chi connectivity index (χ0) is 24.4. The van der Waals surface area contributed by atoms with Crippen LogP contribution in [0.5, 0.6) is 0 Å². The van der Waals surface area contributed by atoms with Crippen LogP contribution in [0.2, 0.25) is 5.02 Å².